The van der Waals surface area contributed by atoms with E-state index in [2.05, 4.69) is 5.32 Å². The van der Waals surface area contributed by atoms with Crippen molar-refractivity contribution in [3.05, 3.63) is 22.7 Å². The molecule has 1 unspecified atom stereocenters. The number of carbonyl (C=O) groups excluding carboxylic acids is 1. The molecular formula is C15H19ClN2O6S. The first-order valence-corrected chi connectivity index (χ1v) is 9.36. The fraction of sp³-hybridized carbons (Fsp3) is 0.467. The van der Waals surface area contributed by atoms with Crippen LogP contribution >= 0.6 is 11.6 Å². The summed E-state index contributed by atoms with van der Waals surface area (Å²) in [6, 6.07) is 2.51. The SMILES string of the molecule is CNC(=O)c1cc(Cl)cc(S(=O)(=O)N2CCCC(C(=O)O)C2)c1OC. The average Bonchev–Trinajstić information content (AvgIpc) is 2.60. The third kappa shape index (κ3) is 3.88. The standard InChI is InChI=1S/C15H19ClN2O6S/c1-17-14(19)11-6-10(16)7-12(13(11)24-2)25(22,23)18-5-3-4-9(8-18)15(20)21/h6-7,9H,3-5,8H2,1-2H3,(H,17,19)(H,20,21). The van der Waals surface area contributed by atoms with Crippen LogP contribution in [0.15, 0.2) is 17.0 Å². The number of nitrogens with zero attached hydrogens (tertiary/aromatic N) is 1. The summed E-state index contributed by atoms with van der Waals surface area (Å²) < 4.78 is 32.3. The van der Waals surface area contributed by atoms with Gasteiger partial charge in [0, 0.05) is 25.2 Å². The van der Waals surface area contributed by atoms with E-state index in [0.29, 0.717) is 12.8 Å². The van der Waals surface area contributed by atoms with Gasteiger partial charge in [-0.25, -0.2) is 8.42 Å². The van der Waals surface area contributed by atoms with Gasteiger partial charge in [0.25, 0.3) is 5.91 Å². The van der Waals surface area contributed by atoms with E-state index in [9.17, 15) is 18.0 Å². The molecule has 1 aromatic rings. The van der Waals surface area contributed by atoms with Gasteiger partial charge in [-0.3, -0.25) is 9.59 Å². The normalized spacial score (nSPS) is 18.6. The van der Waals surface area contributed by atoms with Gasteiger partial charge in [0.05, 0.1) is 18.6 Å². The highest BCUT2D eigenvalue weighted by Crippen LogP contribution is 2.35. The third-order valence-corrected chi connectivity index (χ3v) is 6.14. The Morgan fingerprint density at radius 2 is 2.08 bits per heavy atom. The van der Waals surface area contributed by atoms with Gasteiger partial charge in [0.2, 0.25) is 10.0 Å². The van der Waals surface area contributed by atoms with Crippen LogP contribution in [0.25, 0.3) is 0 Å². The largest absolute Gasteiger partial charge is 0.494 e. The maximum absolute atomic E-state index is 13.0. The fourth-order valence-corrected chi connectivity index (χ4v) is 4.79. The minimum absolute atomic E-state index is 0.0112. The van der Waals surface area contributed by atoms with E-state index in [-0.39, 0.29) is 34.3 Å². The second kappa shape index (κ2) is 7.59. The van der Waals surface area contributed by atoms with E-state index >= 15 is 0 Å². The van der Waals surface area contributed by atoms with Crippen LogP contribution in [-0.2, 0) is 14.8 Å². The molecule has 0 spiro atoms. The topological polar surface area (TPSA) is 113 Å². The first-order valence-electron chi connectivity index (χ1n) is 7.55. The molecule has 0 radical (unpaired) electrons. The van der Waals surface area contributed by atoms with Crippen molar-refractivity contribution in [3.63, 3.8) is 0 Å². The van der Waals surface area contributed by atoms with Crippen molar-refractivity contribution in [2.75, 3.05) is 27.2 Å². The van der Waals surface area contributed by atoms with Crippen molar-refractivity contribution >= 4 is 33.5 Å². The van der Waals surface area contributed by atoms with Crippen LogP contribution in [0.3, 0.4) is 0 Å². The number of halogens is 1. The van der Waals surface area contributed by atoms with Crippen LogP contribution in [0.4, 0.5) is 0 Å². The number of rotatable bonds is 5. The number of sulfonamides is 1. The Hall–Kier alpha value is -1.84. The van der Waals surface area contributed by atoms with Crippen LogP contribution in [0.1, 0.15) is 23.2 Å². The summed E-state index contributed by atoms with van der Waals surface area (Å²) in [5.41, 5.74) is -0.0112. The highest BCUT2D eigenvalue weighted by atomic mass is 35.5. The summed E-state index contributed by atoms with van der Waals surface area (Å²) in [7, 11) is -1.42. The first kappa shape index (κ1) is 19.5. The Kier molecular flexibility index (Phi) is 5.91. The van der Waals surface area contributed by atoms with E-state index in [1.165, 1.54) is 26.3 Å². The van der Waals surface area contributed by atoms with E-state index in [1.807, 2.05) is 0 Å². The van der Waals surface area contributed by atoms with Crippen molar-refractivity contribution in [1.29, 1.82) is 0 Å². The second-order valence-electron chi connectivity index (χ2n) is 5.60. The van der Waals surface area contributed by atoms with Gasteiger partial charge in [-0.2, -0.15) is 4.31 Å². The number of aliphatic carboxylic acids is 1. The molecule has 10 heteroatoms. The van der Waals surface area contributed by atoms with Gasteiger partial charge >= 0.3 is 5.97 Å². The van der Waals surface area contributed by atoms with E-state index < -0.39 is 27.8 Å². The number of amides is 1. The highest BCUT2D eigenvalue weighted by molar-refractivity contribution is 7.89. The zero-order valence-electron chi connectivity index (χ0n) is 13.8. The molecule has 1 aromatic carbocycles. The molecule has 1 amide bonds. The maximum atomic E-state index is 13.0. The van der Waals surface area contributed by atoms with Crippen LogP contribution in [-0.4, -0.2) is 57.0 Å². The Labute approximate surface area is 150 Å². The number of hydrogen-bond acceptors (Lipinski definition) is 5. The predicted octanol–water partition coefficient (Wildman–Crippen LogP) is 1.19. The Morgan fingerprint density at radius 3 is 2.64 bits per heavy atom. The van der Waals surface area contributed by atoms with Gasteiger partial charge in [0.15, 0.2) is 5.75 Å². The number of benzene rings is 1. The molecule has 1 fully saturated rings. The Bertz CT molecular complexity index is 795. The summed E-state index contributed by atoms with van der Waals surface area (Å²) in [6.07, 6.45) is 0.846. The van der Waals surface area contributed by atoms with Crippen molar-refractivity contribution < 1.29 is 27.9 Å². The molecule has 0 saturated carbocycles. The van der Waals surface area contributed by atoms with Gasteiger partial charge in [-0.15, -0.1) is 0 Å². The van der Waals surface area contributed by atoms with Crippen LogP contribution in [0.2, 0.25) is 5.02 Å². The van der Waals surface area contributed by atoms with Crippen molar-refractivity contribution in [2.45, 2.75) is 17.7 Å². The quantitative estimate of drug-likeness (QED) is 0.780. The molecule has 0 aromatic heterocycles. The molecule has 2 N–H and O–H groups in total. The lowest BCUT2D eigenvalue weighted by Crippen LogP contribution is -2.42. The second-order valence-corrected chi connectivity index (χ2v) is 7.95. The number of piperidine rings is 1. The van der Waals surface area contributed by atoms with E-state index in [0.717, 1.165) is 4.31 Å². The van der Waals surface area contributed by atoms with Gasteiger partial charge in [-0.05, 0) is 25.0 Å². The monoisotopic (exact) mass is 390 g/mol. The zero-order chi connectivity index (χ0) is 18.8. The molecule has 1 aliphatic heterocycles. The molecule has 1 heterocycles. The number of carbonyl (C=O) groups is 2. The molecule has 1 aliphatic rings. The molecule has 8 nitrogen and oxygen atoms in total. The third-order valence-electron chi connectivity index (χ3n) is 4.05. The summed E-state index contributed by atoms with van der Waals surface area (Å²) in [5, 5.41) is 11.6. The predicted molar refractivity (Wildman–Crippen MR) is 90.5 cm³/mol. The van der Waals surface area contributed by atoms with E-state index in [1.54, 1.807) is 0 Å². The Balaban J connectivity index is 2.53. The van der Waals surface area contributed by atoms with Crippen LogP contribution in [0.5, 0.6) is 5.75 Å². The molecule has 0 bridgehead atoms. The van der Waals surface area contributed by atoms with Gasteiger partial charge in [0.1, 0.15) is 4.90 Å². The summed E-state index contributed by atoms with van der Waals surface area (Å²) in [5.74, 6) is -2.48. The minimum atomic E-state index is -4.08. The molecule has 138 valence electrons. The minimum Gasteiger partial charge on any atom is -0.494 e. The van der Waals surface area contributed by atoms with Crippen molar-refractivity contribution in [3.8, 4) is 5.75 Å². The van der Waals surface area contributed by atoms with E-state index in [4.69, 9.17) is 21.4 Å². The lowest BCUT2D eigenvalue weighted by Gasteiger charge is -2.30. The smallest absolute Gasteiger partial charge is 0.307 e. The molecule has 2 rings (SSSR count). The number of nitrogens with one attached hydrogen (secondary N) is 1. The molecule has 25 heavy (non-hydrogen) atoms. The molecule has 1 atom stereocenters. The first-order chi connectivity index (χ1) is 11.7. The average molecular weight is 391 g/mol. The molecule has 0 aliphatic carbocycles. The van der Waals surface area contributed by atoms with Crippen LogP contribution < -0.4 is 10.1 Å². The summed E-state index contributed by atoms with van der Waals surface area (Å²) in [4.78, 5) is 23.0. The molecule has 1 saturated heterocycles. The van der Waals surface area contributed by atoms with Crippen molar-refractivity contribution in [2.24, 2.45) is 5.92 Å². The number of methoxy groups -OCH3 is 1. The van der Waals surface area contributed by atoms with Gasteiger partial charge < -0.3 is 15.2 Å². The Morgan fingerprint density at radius 1 is 1.40 bits per heavy atom. The summed E-state index contributed by atoms with van der Waals surface area (Å²) >= 11 is 5.99. The zero-order valence-corrected chi connectivity index (χ0v) is 15.4. The number of hydrogen-bond donors (Lipinski definition) is 2. The molecular weight excluding hydrogens is 372 g/mol. The highest BCUT2D eigenvalue weighted by Gasteiger charge is 2.36. The van der Waals surface area contributed by atoms with Gasteiger partial charge in [-0.1, -0.05) is 11.6 Å². The lowest BCUT2D eigenvalue weighted by molar-refractivity contribution is -0.142. The number of ether oxygens (including phenoxy) is 1. The fourth-order valence-electron chi connectivity index (χ4n) is 2.78. The number of carboxylic acids is 1. The maximum Gasteiger partial charge on any atom is 0.307 e. The lowest BCUT2D eigenvalue weighted by atomic mass is 10.0. The van der Waals surface area contributed by atoms with Crippen LogP contribution in [0, 0.1) is 5.92 Å². The number of carboxylic acid groups (broad SMARTS) is 1. The summed E-state index contributed by atoms with van der Waals surface area (Å²) in [6.45, 7) is 0.0553. The van der Waals surface area contributed by atoms with Crippen molar-refractivity contribution in [1.82, 2.24) is 9.62 Å².